The molecule has 0 atom stereocenters. The van der Waals surface area contributed by atoms with E-state index in [0.29, 0.717) is 0 Å². The van der Waals surface area contributed by atoms with E-state index in [-0.39, 0.29) is 0 Å². The van der Waals surface area contributed by atoms with E-state index in [9.17, 15) is 0 Å². The van der Waals surface area contributed by atoms with Gasteiger partial charge >= 0.3 is 0 Å². The van der Waals surface area contributed by atoms with E-state index in [1.807, 2.05) is 19.5 Å². The number of rotatable bonds is 7. The summed E-state index contributed by atoms with van der Waals surface area (Å²) in [6, 6.07) is 0. The van der Waals surface area contributed by atoms with E-state index >= 15 is 0 Å². The minimum Gasteiger partial charge on any atom is -0.356 e. The van der Waals surface area contributed by atoms with E-state index in [1.54, 1.807) is 11.3 Å². The van der Waals surface area contributed by atoms with E-state index in [2.05, 4.69) is 20.6 Å². The lowest BCUT2D eigenvalue weighted by Gasteiger charge is -2.12. The number of hydrogen-bond donors (Lipinski definition) is 2. The lowest BCUT2D eigenvalue weighted by molar-refractivity contribution is 0.472. The molecule has 0 unspecified atom stereocenters. The van der Waals surface area contributed by atoms with Crippen molar-refractivity contribution in [2.75, 3.05) is 13.6 Å². The maximum Gasteiger partial charge on any atom is 0.191 e. The van der Waals surface area contributed by atoms with Gasteiger partial charge in [0.15, 0.2) is 5.96 Å². The smallest absolute Gasteiger partial charge is 0.191 e. The molecule has 1 aliphatic carbocycles. The van der Waals surface area contributed by atoms with Crippen LogP contribution in [0.1, 0.15) is 55.5 Å². The first-order valence-electron chi connectivity index (χ1n) is 8.13. The van der Waals surface area contributed by atoms with Crippen molar-refractivity contribution in [3.63, 3.8) is 0 Å². The van der Waals surface area contributed by atoms with Crippen molar-refractivity contribution in [1.29, 1.82) is 0 Å². The standard InChI is InChI=1S/C16H28N4S/c1-13-15(21-12-20-13)11-19-16(17-2)18-10-6-5-9-14-7-3-4-8-14/h12,14H,3-11H2,1-2H3,(H2,17,18,19). The molecule has 0 spiro atoms. The Labute approximate surface area is 132 Å². The number of hydrogen-bond acceptors (Lipinski definition) is 3. The van der Waals surface area contributed by atoms with Gasteiger partial charge in [-0.25, -0.2) is 4.98 Å². The van der Waals surface area contributed by atoms with Gasteiger partial charge in [0.25, 0.3) is 0 Å². The van der Waals surface area contributed by atoms with Crippen LogP contribution in [0.25, 0.3) is 0 Å². The molecule has 1 aromatic rings. The minimum absolute atomic E-state index is 0.804. The fourth-order valence-electron chi connectivity index (χ4n) is 2.94. The normalized spacial score (nSPS) is 16.4. The van der Waals surface area contributed by atoms with Gasteiger partial charge in [0.2, 0.25) is 0 Å². The predicted molar refractivity (Wildman–Crippen MR) is 90.9 cm³/mol. The molecule has 0 amide bonds. The van der Waals surface area contributed by atoms with Crippen LogP contribution < -0.4 is 10.6 Å². The Kier molecular flexibility index (Phi) is 7.00. The average Bonchev–Trinajstić information content (AvgIpc) is 3.14. The summed E-state index contributed by atoms with van der Waals surface area (Å²) in [5, 5.41) is 6.75. The van der Waals surface area contributed by atoms with Gasteiger partial charge in [-0.3, -0.25) is 4.99 Å². The second kappa shape index (κ2) is 9.03. The summed E-state index contributed by atoms with van der Waals surface area (Å²) >= 11 is 1.69. The molecule has 4 nitrogen and oxygen atoms in total. The summed E-state index contributed by atoms with van der Waals surface area (Å²) in [5.41, 5.74) is 3.01. The Balaban J connectivity index is 1.56. The van der Waals surface area contributed by atoms with Crippen molar-refractivity contribution in [3.05, 3.63) is 16.1 Å². The zero-order chi connectivity index (χ0) is 14.9. The second-order valence-electron chi connectivity index (χ2n) is 5.86. The number of thiazole rings is 1. The highest BCUT2D eigenvalue weighted by atomic mass is 32.1. The average molecular weight is 308 g/mol. The molecule has 1 aromatic heterocycles. The minimum atomic E-state index is 0.804. The van der Waals surface area contributed by atoms with E-state index in [4.69, 9.17) is 0 Å². The summed E-state index contributed by atoms with van der Waals surface area (Å²) in [7, 11) is 1.83. The van der Waals surface area contributed by atoms with Gasteiger partial charge in [0.1, 0.15) is 0 Å². The number of unbranched alkanes of at least 4 members (excludes halogenated alkanes) is 1. The molecule has 1 aliphatic rings. The van der Waals surface area contributed by atoms with Crippen LogP contribution in [0.3, 0.4) is 0 Å². The van der Waals surface area contributed by atoms with Crippen LogP contribution in [-0.2, 0) is 6.54 Å². The molecule has 0 aromatic carbocycles. The molecule has 1 heterocycles. The van der Waals surface area contributed by atoms with Crippen molar-refractivity contribution in [1.82, 2.24) is 15.6 Å². The van der Waals surface area contributed by atoms with Crippen molar-refractivity contribution in [2.24, 2.45) is 10.9 Å². The maximum absolute atomic E-state index is 4.27. The topological polar surface area (TPSA) is 49.3 Å². The highest BCUT2D eigenvalue weighted by Gasteiger charge is 2.13. The van der Waals surface area contributed by atoms with E-state index in [1.165, 1.54) is 49.8 Å². The number of guanidine groups is 1. The summed E-state index contributed by atoms with van der Waals surface area (Å²) in [6.45, 7) is 3.86. The first-order valence-corrected chi connectivity index (χ1v) is 9.01. The molecule has 0 bridgehead atoms. The Hall–Kier alpha value is -1.10. The quantitative estimate of drug-likeness (QED) is 0.460. The highest BCUT2D eigenvalue weighted by molar-refractivity contribution is 7.09. The Morgan fingerprint density at radius 3 is 2.81 bits per heavy atom. The summed E-state index contributed by atoms with van der Waals surface area (Å²) in [6.07, 6.45) is 9.82. The molecule has 21 heavy (non-hydrogen) atoms. The molecule has 118 valence electrons. The zero-order valence-electron chi connectivity index (χ0n) is 13.3. The second-order valence-corrected chi connectivity index (χ2v) is 6.80. The first kappa shape index (κ1) is 16.3. The van der Waals surface area contributed by atoms with Crippen LogP contribution in [0.15, 0.2) is 10.5 Å². The third-order valence-electron chi connectivity index (χ3n) is 4.29. The van der Waals surface area contributed by atoms with Crippen molar-refractivity contribution in [3.8, 4) is 0 Å². The van der Waals surface area contributed by atoms with Crippen LogP contribution in [0.5, 0.6) is 0 Å². The van der Waals surface area contributed by atoms with Crippen LogP contribution in [-0.4, -0.2) is 24.5 Å². The van der Waals surface area contributed by atoms with Gasteiger partial charge in [0, 0.05) is 18.5 Å². The van der Waals surface area contributed by atoms with Crippen molar-refractivity contribution in [2.45, 2.75) is 58.4 Å². The molecule has 2 N–H and O–H groups in total. The van der Waals surface area contributed by atoms with Gasteiger partial charge < -0.3 is 10.6 Å². The molecule has 1 fully saturated rings. The Morgan fingerprint density at radius 1 is 1.33 bits per heavy atom. The van der Waals surface area contributed by atoms with Gasteiger partial charge in [-0.15, -0.1) is 11.3 Å². The molecule has 2 rings (SSSR count). The summed E-state index contributed by atoms with van der Waals surface area (Å²) in [4.78, 5) is 9.81. The third kappa shape index (κ3) is 5.65. The van der Waals surface area contributed by atoms with Crippen LogP contribution >= 0.6 is 11.3 Å². The Bertz CT molecular complexity index is 435. The van der Waals surface area contributed by atoms with Crippen molar-refractivity contribution < 1.29 is 0 Å². The van der Waals surface area contributed by atoms with E-state index < -0.39 is 0 Å². The number of nitrogens with one attached hydrogen (secondary N) is 2. The van der Waals surface area contributed by atoms with Crippen molar-refractivity contribution >= 4 is 17.3 Å². The number of aromatic nitrogens is 1. The molecular formula is C16H28N4S. The van der Waals surface area contributed by atoms with E-state index in [0.717, 1.165) is 30.7 Å². The predicted octanol–water partition coefficient (Wildman–Crippen LogP) is 3.48. The summed E-state index contributed by atoms with van der Waals surface area (Å²) in [5.74, 6) is 1.90. The fraction of sp³-hybridized carbons (Fsp3) is 0.750. The molecule has 5 heteroatoms. The number of aryl methyl sites for hydroxylation is 1. The summed E-state index contributed by atoms with van der Waals surface area (Å²) < 4.78 is 0. The van der Waals surface area contributed by atoms with Crippen LogP contribution in [0.4, 0.5) is 0 Å². The van der Waals surface area contributed by atoms with Crippen LogP contribution in [0.2, 0.25) is 0 Å². The monoisotopic (exact) mass is 308 g/mol. The molecule has 0 aliphatic heterocycles. The molecule has 0 radical (unpaired) electrons. The SMILES string of the molecule is CN=C(NCCCCC1CCCC1)NCc1scnc1C. The third-order valence-corrected chi connectivity index (χ3v) is 5.23. The molecule has 1 saturated carbocycles. The number of aliphatic imine (C=N–C) groups is 1. The lowest BCUT2D eigenvalue weighted by Crippen LogP contribution is -2.37. The first-order chi connectivity index (χ1) is 10.3. The number of nitrogens with zero attached hydrogens (tertiary/aromatic N) is 2. The largest absolute Gasteiger partial charge is 0.356 e. The fourth-order valence-corrected chi connectivity index (χ4v) is 3.66. The Morgan fingerprint density at radius 2 is 2.14 bits per heavy atom. The lowest BCUT2D eigenvalue weighted by atomic mass is 10.0. The van der Waals surface area contributed by atoms with Gasteiger partial charge in [-0.1, -0.05) is 38.5 Å². The zero-order valence-corrected chi connectivity index (χ0v) is 14.1. The molecular weight excluding hydrogens is 280 g/mol. The maximum atomic E-state index is 4.27. The highest BCUT2D eigenvalue weighted by Crippen LogP contribution is 2.28. The van der Waals surface area contributed by atoms with Gasteiger partial charge in [0.05, 0.1) is 17.7 Å². The molecule has 0 saturated heterocycles. The van der Waals surface area contributed by atoms with Gasteiger partial charge in [-0.2, -0.15) is 0 Å². The van der Waals surface area contributed by atoms with Crippen LogP contribution in [0, 0.1) is 12.8 Å². The van der Waals surface area contributed by atoms with Gasteiger partial charge in [-0.05, 0) is 19.3 Å².